The maximum absolute atomic E-state index is 14.2. The van der Waals surface area contributed by atoms with Gasteiger partial charge < -0.3 is 14.5 Å². The van der Waals surface area contributed by atoms with Gasteiger partial charge in [0.15, 0.2) is 0 Å². The number of amides is 1. The van der Waals surface area contributed by atoms with Gasteiger partial charge >= 0.3 is 0 Å². The van der Waals surface area contributed by atoms with Crippen LogP contribution in [0, 0.1) is 30.0 Å². The average molecular weight is 507 g/mol. The van der Waals surface area contributed by atoms with Crippen LogP contribution in [0.25, 0.3) is 0 Å². The minimum absolute atomic E-state index is 0.00667. The molecule has 3 rings (SSSR count). The summed E-state index contributed by atoms with van der Waals surface area (Å²) in [6.07, 6.45) is 6.96. The van der Waals surface area contributed by atoms with E-state index < -0.39 is 0 Å². The molecule has 1 amide bonds. The Hall–Kier alpha value is -2.84. The first-order valence-electron chi connectivity index (χ1n) is 13.4. The van der Waals surface area contributed by atoms with Crippen LogP contribution in [-0.4, -0.2) is 53.6 Å². The second kappa shape index (κ2) is 11.7. The summed E-state index contributed by atoms with van der Waals surface area (Å²) >= 11 is 0. The summed E-state index contributed by atoms with van der Waals surface area (Å²) in [4.78, 5) is 17.5. The molecule has 2 aliphatic heterocycles. The highest BCUT2D eigenvalue weighted by Gasteiger charge is 2.35. The molecule has 0 radical (unpaired) electrons. The van der Waals surface area contributed by atoms with Crippen LogP contribution in [0.5, 0.6) is 0 Å². The molecule has 4 nitrogen and oxygen atoms in total. The predicted octanol–water partition coefficient (Wildman–Crippen LogP) is 6.15. The topological polar surface area (TPSA) is 32.8 Å². The zero-order valence-corrected chi connectivity index (χ0v) is 23.7. The molecule has 0 aliphatic carbocycles. The number of allylic oxidation sites excluding steroid dienone is 2. The summed E-state index contributed by atoms with van der Waals surface area (Å²) in [6.45, 7) is 21.6. The van der Waals surface area contributed by atoms with Crippen molar-refractivity contribution in [3.8, 4) is 12.3 Å². The van der Waals surface area contributed by atoms with E-state index in [0.717, 1.165) is 34.4 Å². The van der Waals surface area contributed by atoms with E-state index in [0.29, 0.717) is 37.7 Å². The van der Waals surface area contributed by atoms with E-state index in [2.05, 4.69) is 65.9 Å². The van der Waals surface area contributed by atoms with Crippen LogP contribution in [0.2, 0.25) is 0 Å². The lowest BCUT2D eigenvalue weighted by atomic mass is 9.82. The number of benzene rings is 1. The third-order valence-electron chi connectivity index (χ3n) is 7.75. The Morgan fingerprint density at radius 2 is 1.89 bits per heavy atom. The Morgan fingerprint density at radius 3 is 2.49 bits per heavy atom. The highest BCUT2D eigenvalue weighted by molar-refractivity contribution is 5.79. The van der Waals surface area contributed by atoms with Crippen molar-refractivity contribution in [2.45, 2.75) is 73.0 Å². The fraction of sp³-hybridized carbons (Fsp3) is 0.531. The Balaban J connectivity index is 1.91. The van der Waals surface area contributed by atoms with Gasteiger partial charge in [0, 0.05) is 37.3 Å². The molecule has 200 valence electrons. The molecule has 0 N–H and O–H groups in total. The smallest absolute Gasteiger partial charge is 0.227 e. The molecule has 37 heavy (non-hydrogen) atoms. The Morgan fingerprint density at radius 1 is 1.22 bits per heavy atom. The molecule has 1 saturated heterocycles. The van der Waals surface area contributed by atoms with Gasteiger partial charge in [0.2, 0.25) is 5.91 Å². The number of hydrogen-bond donors (Lipinski definition) is 0. The lowest BCUT2D eigenvalue weighted by Gasteiger charge is -2.45. The number of ether oxygens (including phenoxy) is 1. The van der Waals surface area contributed by atoms with E-state index in [1.54, 1.807) is 18.2 Å². The molecular formula is C32H43FN2O2. The van der Waals surface area contributed by atoms with Gasteiger partial charge in [0.25, 0.3) is 0 Å². The van der Waals surface area contributed by atoms with Crippen LogP contribution >= 0.6 is 0 Å². The quantitative estimate of drug-likeness (QED) is 0.416. The van der Waals surface area contributed by atoms with E-state index >= 15 is 0 Å². The average Bonchev–Trinajstić information content (AvgIpc) is 2.84. The van der Waals surface area contributed by atoms with Crippen molar-refractivity contribution < 1.29 is 13.9 Å². The van der Waals surface area contributed by atoms with Gasteiger partial charge in [-0.2, -0.15) is 0 Å². The molecular weight excluding hydrogens is 463 g/mol. The number of halogens is 1. The van der Waals surface area contributed by atoms with E-state index in [9.17, 15) is 9.18 Å². The molecule has 2 aliphatic rings. The first kappa shape index (κ1) is 28.7. The molecule has 1 fully saturated rings. The molecule has 0 spiro atoms. The van der Waals surface area contributed by atoms with Crippen LogP contribution in [0.3, 0.4) is 0 Å². The van der Waals surface area contributed by atoms with Gasteiger partial charge in [-0.15, -0.1) is 6.42 Å². The fourth-order valence-corrected chi connectivity index (χ4v) is 5.28. The van der Waals surface area contributed by atoms with Crippen molar-refractivity contribution in [1.82, 2.24) is 9.80 Å². The summed E-state index contributed by atoms with van der Waals surface area (Å²) in [5.74, 6) is 3.18. The maximum atomic E-state index is 14.2. The van der Waals surface area contributed by atoms with Crippen molar-refractivity contribution in [1.29, 1.82) is 0 Å². The highest BCUT2D eigenvalue weighted by atomic mass is 19.1. The van der Waals surface area contributed by atoms with Gasteiger partial charge in [-0.05, 0) is 61.0 Å². The van der Waals surface area contributed by atoms with Crippen molar-refractivity contribution in [3.63, 3.8) is 0 Å². The molecule has 1 aromatic carbocycles. The van der Waals surface area contributed by atoms with Crippen LogP contribution in [-0.2, 0) is 16.0 Å². The fourth-order valence-electron chi connectivity index (χ4n) is 5.28. The molecule has 5 heteroatoms. The third kappa shape index (κ3) is 6.54. The summed E-state index contributed by atoms with van der Waals surface area (Å²) in [5.41, 5.74) is 5.41. The largest absolute Gasteiger partial charge is 0.371 e. The number of nitrogens with zero attached hydrogens (tertiary/aromatic N) is 2. The zero-order valence-electron chi connectivity index (χ0n) is 23.7. The summed E-state index contributed by atoms with van der Waals surface area (Å²) in [7, 11) is 0. The maximum Gasteiger partial charge on any atom is 0.227 e. The highest BCUT2D eigenvalue weighted by Crippen LogP contribution is 2.38. The lowest BCUT2D eigenvalue weighted by molar-refractivity contribution is -0.136. The Labute approximate surface area is 223 Å². The first-order valence-corrected chi connectivity index (χ1v) is 13.4. The van der Waals surface area contributed by atoms with Gasteiger partial charge in [0.05, 0.1) is 24.7 Å². The molecule has 2 heterocycles. The SMILES string of the molecule is C#C/C(C1=C(C(=C)C(C)C)COC(C)(C)C1)=C(/C)N1CCN(C(=O)Cc2ccccc2F)C(C(C)C)C1. The van der Waals surface area contributed by atoms with Gasteiger partial charge in [-0.1, -0.05) is 58.4 Å². The Kier molecular flexibility index (Phi) is 9.08. The summed E-state index contributed by atoms with van der Waals surface area (Å²) < 4.78 is 20.4. The van der Waals surface area contributed by atoms with Crippen LogP contribution in [0.1, 0.15) is 60.5 Å². The predicted molar refractivity (Wildman–Crippen MR) is 149 cm³/mol. The third-order valence-corrected chi connectivity index (χ3v) is 7.75. The molecule has 1 atom stereocenters. The number of hydrogen-bond acceptors (Lipinski definition) is 3. The molecule has 0 saturated carbocycles. The van der Waals surface area contributed by atoms with Crippen molar-refractivity contribution in [2.24, 2.45) is 11.8 Å². The lowest BCUT2D eigenvalue weighted by Crippen LogP contribution is -2.57. The summed E-state index contributed by atoms with van der Waals surface area (Å²) in [5, 5.41) is 0. The second-order valence-corrected chi connectivity index (χ2v) is 11.6. The zero-order chi connectivity index (χ0) is 27.5. The van der Waals surface area contributed by atoms with Crippen molar-refractivity contribution >= 4 is 5.91 Å². The molecule has 0 bridgehead atoms. The number of carbonyl (C=O) groups is 1. The van der Waals surface area contributed by atoms with Gasteiger partial charge in [-0.25, -0.2) is 4.39 Å². The second-order valence-electron chi connectivity index (χ2n) is 11.6. The number of carbonyl (C=O) groups excluding carboxylic acids is 1. The monoisotopic (exact) mass is 506 g/mol. The normalized spacial score (nSPS) is 20.7. The van der Waals surface area contributed by atoms with E-state index in [-0.39, 0.29) is 35.7 Å². The van der Waals surface area contributed by atoms with Gasteiger partial charge in [0.1, 0.15) is 5.82 Å². The minimum Gasteiger partial charge on any atom is -0.371 e. The molecule has 1 unspecified atom stereocenters. The molecule has 0 aromatic heterocycles. The molecule has 1 aromatic rings. The van der Waals surface area contributed by atoms with Crippen LogP contribution < -0.4 is 0 Å². The van der Waals surface area contributed by atoms with Crippen LogP contribution in [0.4, 0.5) is 4.39 Å². The van der Waals surface area contributed by atoms with Crippen LogP contribution in [0.15, 0.2) is 58.8 Å². The number of piperazine rings is 1. The minimum atomic E-state index is -0.334. The standard InChI is InChI=1S/C32H43FN2O2/c1-10-26(27-18-32(8,9)37-20-28(27)23(6)21(2)3)24(7)34-15-16-35(30(19-34)22(4)5)31(36)17-25-13-11-12-14-29(25)33/h1,11-14,21-22,30H,6,15-20H2,2-5,7-9H3/b26-24+. The van der Waals surface area contributed by atoms with Crippen molar-refractivity contribution in [3.05, 3.63) is 70.2 Å². The number of rotatable bonds is 7. The van der Waals surface area contributed by atoms with E-state index in [1.165, 1.54) is 6.07 Å². The summed E-state index contributed by atoms with van der Waals surface area (Å²) in [6, 6.07) is 6.52. The van der Waals surface area contributed by atoms with E-state index in [4.69, 9.17) is 11.2 Å². The van der Waals surface area contributed by atoms with E-state index in [1.807, 2.05) is 4.90 Å². The Bertz CT molecular complexity index is 1140. The first-order chi connectivity index (χ1) is 17.4. The van der Waals surface area contributed by atoms with Crippen molar-refractivity contribution in [2.75, 3.05) is 26.2 Å². The number of terminal acetylenes is 1. The van der Waals surface area contributed by atoms with Gasteiger partial charge in [-0.3, -0.25) is 4.79 Å².